The predicted octanol–water partition coefficient (Wildman–Crippen LogP) is 2.27. The van der Waals surface area contributed by atoms with E-state index in [1.54, 1.807) is 30.6 Å². The normalized spacial score (nSPS) is 10.3. The first-order valence-corrected chi connectivity index (χ1v) is 6.86. The van der Waals surface area contributed by atoms with Crippen LogP contribution in [-0.4, -0.2) is 27.1 Å². The maximum absolute atomic E-state index is 12.5. The lowest BCUT2D eigenvalue weighted by Gasteiger charge is -2.06. The highest BCUT2D eigenvalue weighted by molar-refractivity contribution is 6.11. The summed E-state index contributed by atoms with van der Waals surface area (Å²) >= 11 is 0. The molecule has 0 spiro atoms. The van der Waals surface area contributed by atoms with Gasteiger partial charge in [0.1, 0.15) is 11.3 Å². The Morgan fingerprint density at radius 3 is 2.62 bits per heavy atom. The van der Waals surface area contributed by atoms with Gasteiger partial charge in [-0.2, -0.15) is 0 Å². The number of hydrogen-bond donors (Lipinski definition) is 3. The highest BCUT2D eigenvalue weighted by Crippen LogP contribution is 2.27. The molecule has 0 fully saturated rings. The predicted molar refractivity (Wildman–Crippen MR) is 85.5 cm³/mol. The SMILES string of the molecule is Nc1onc(-c2ccncc2)c1C(=O)Nc1cccc(C(=O)O)c1. The van der Waals surface area contributed by atoms with Gasteiger partial charge in [-0.3, -0.25) is 9.78 Å². The average molecular weight is 324 g/mol. The molecule has 24 heavy (non-hydrogen) atoms. The zero-order valence-electron chi connectivity index (χ0n) is 12.3. The minimum atomic E-state index is -1.09. The number of benzene rings is 1. The third-order valence-electron chi connectivity index (χ3n) is 3.27. The largest absolute Gasteiger partial charge is 0.478 e. The molecule has 3 aromatic rings. The van der Waals surface area contributed by atoms with Crippen molar-refractivity contribution in [3.63, 3.8) is 0 Å². The maximum Gasteiger partial charge on any atom is 0.335 e. The van der Waals surface area contributed by atoms with Gasteiger partial charge in [-0.05, 0) is 30.3 Å². The number of rotatable bonds is 4. The highest BCUT2D eigenvalue weighted by atomic mass is 16.5. The maximum atomic E-state index is 12.5. The molecule has 0 aliphatic heterocycles. The van der Waals surface area contributed by atoms with Crippen LogP contribution >= 0.6 is 0 Å². The summed E-state index contributed by atoms with van der Waals surface area (Å²) in [4.78, 5) is 27.4. The third kappa shape index (κ3) is 2.93. The van der Waals surface area contributed by atoms with Crippen LogP contribution in [0.2, 0.25) is 0 Å². The molecule has 0 saturated heterocycles. The molecule has 0 atom stereocenters. The minimum Gasteiger partial charge on any atom is -0.478 e. The summed E-state index contributed by atoms with van der Waals surface area (Å²) in [5, 5.41) is 15.4. The monoisotopic (exact) mass is 324 g/mol. The summed E-state index contributed by atoms with van der Waals surface area (Å²) in [6, 6.07) is 9.20. The molecule has 0 aliphatic rings. The van der Waals surface area contributed by atoms with Gasteiger partial charge in [0.05, 0.1) is 5.56 Å². The van der Waals surface area contributed by atoms with E-state index in [1.807, 2.05) is 0 Å². The fourth-order valence-corrected chi connectivity index (χ4v) is 2.15. The number of carbonyl (C=O) groups is 2. The Hall–Kier alpha value is -3.68. The van der Waals surface area contributed by atoms with Crippen LogP contribution in [0.4, 0.5) is 11.6 Å². The Morgan fingerprint density at radius 2 is 1.92 bits per heavy atom. The van der Waals surface area contributed by atoms with Gasteiger partial charge >= 0.3 is 5.97 Å². The van der Waals surface area contributed by atoms with Crippen LogP contribution in [0, 0.1) is 0 Å². The van der Waals surface area contributed by atoms with Gasteiger partial charge in [-0.15, -0.1) is 0 Å². The van der Waals surface area contributed by atoms with Crippen molar-refractivity contribution >= 4 is 23.4 Å². The fourth-order valence-electron chi connectivity index (χ4n) is 2.15. The van der Waals surface area contributed by atoms with Gasteiger partial charge < -0.3 is 20.7 Å². The van der Waals surface area contributed by atoms with Crippen LogP contribution in [0.3, 0.4) is 0 Å². The molecule has 3 rings (SSSR count). The molecule has 0 unspecified atom stereocenters. The highest BCUT2D eigenvalue weighted by Gasteiger charge is 2.22. The number of hydrogen-bond acceptors (Lipinski definition) is 6. The summed E-state index contributed by atoms with van der Waals surface area (Å²) in [5.41, 5.74) is 7.06. The summed E-state index contributed by atoms with van der Waals surface area (Å²) in [6.45, 7) is 0. The average Bonchev–Trinajstić information content (AvgIpc) is 2.97. The number of carboxylic acids is 1. The van der Waals surface area contributed by atoms with E-state index in [0.29, 0.717) is 11.3 Å². The van der Waals surface area contributed by atoms with Crippen LogP contribution in [-0.2, 0) is 0 Å². The van der Waals surface area contributed by atoms with Crippen LogP contribution in [0.25, 0.3) is 11.3 Å². The summed E-state index contributed by atoms with van der Waals surface area (Å²) in [6.07, 6.45) is 3.11. The van der Waals surface area contributed by atoms with Crippen LogP contribution < -0.4 is 11.1 Å². The van der Waals surface area contributed by atoms with E-state index in [2.05, 4.69) is 15.5 Å². The van der Waals surface area contributed by atoms with Crippen molar-refractivity contribution in [2.45, 2.75) is 0 Å². The smallest absolute Gasteiger partial charge is 0.335 e. The molecule has 120 valence electrons. The summed E-state index contributed by atoms with van der Waals surface area (Å²) in [7, 11) is 0. The molecule has 1 aromatic carbocycles. The standard InChI is InChI=1S/C16H12N4O4/c17-14-12(13(20-24-14)9-4-6-18-7-5-9)15(21)19-11-3-1-2-10(8-11)16(22)23/h1-8H,17H2,(H,19,21)(H,22,23). The third-order valence-corrected chi connectivity index (χ3v) is 3.27. The number of pyridine rings is 1. The molecule has 0 radical (unpaired) electrons. The van der Waals surface area contributed by atoms with E-state index in [-0.39, 0.29) is 22.7 Å². The molecule has 4 N–H and O–H groups in total. The van der Waals surface area contributed by atoms with Crippen molar-refractivity contribution in [3.8, 4) is 11.3 Å². The molecule has 8 heteroatoms. The van der Waals surface area contributed by atoms with E-state index < -0.39 is 11.9 Å². The number of carbonyl (C=O) groups excluding carboxylic acids is 1. The lowest BCUT2D eigenvalue weighted by molar-refractivity contribution is 0.0696. The first-order chi connectivity index (χ1) is 11.6. The van der Waals surface area contributed by atoms with E-state index in [0.717, 1.165) is 0 Å². The van der Waals surface area contributed by atoms with Gasteiger partial charge in [-0.1, -0.05) is 11.2 Å². The molecule has 0 bridgehead atoms. The second-order valence-corrected chi connectivity index (χ2v) is 4.85. The number of nitrogens with zero attached hydrogens (tertiary/aromatic N) is 2. The second kappa shape index (κ2) is 6.21. The van der Waals surface area contributed by atoms with Gasteiger partial charge in [0.15, 0.2) is 0 Å². The zero-order valence-corrected chi connectivity index (χ0v) is 12.3. The van der Waals surface area contributed by atoms with E-state index in [4.69, 9.17) is 15.4 Å². The van der Waals surface area contributed by atoms with Crippen molar-refractivity contribution in [1.82, 2.24) is 10.1 Å². The van der Waals surface area contributed by atoms with Crippen LogP contribution in [0.5, 0.6) is 0 Å². The quantitative estimate of drug-likeness (QED) is 0.670. The molecule has 1 amide bonds. The van der Waals surface area contributed by atoms with Crippen LogP contribution in [0.1, 0.15) is 20.7 Å². The number of nitrogen functional groups attached to an aromatic ring is 1. The van der Waals surface area contributed by atoms with Crippen LogP contribution in [0.15, 0.2) is 53.3 Å². The van der Waals surface area contributed by atoms with E-state index in [1.165, 1.54) is 18.2 Å². The molecular formula is C16H12N4O4. The molecule has 2 heterocycles. The van der Waals surface area contributed by atoms with Gasteiger partial charge in [0, 0.05) is 23.6 Å². The number of nitrogens with one attached hydrogen (secondary N) is 1. The van der Waals surface area contributed by atoms with E-state index in [9.17, 15) is 9.59 Å². The van der Waals surface area contributed by atoms with Crippen molar-refractivity contribution in [3.05, 3.63) is 59.9 Å². The molecule has 2 aromatic heterocycles. The van der Waals surface area contributed by atoms with E-state index >= 15 is 0 Å². The summed E-state index contributed by atoms with van der Waals surface area (Å²) < 4.78 is 4.92. The molecule has 8 nitrogen and oxygen atoms in total. The van der Waals surface area contributed by atoms with Crippen molar-refractivity contribution in [1.29, 1.82) is 0 Å². The van der Waals surface area contributed by atoms with Crippen molar-refractivity contribution in [2.75, 3.05) is 11.1 Å². The fraction of sp³-hybridized carbons (Fsp3) is 0. The topological polar surface area (TPSA) is 131 Å². The van der Waals surface area contributed by atoms with Crippen molar-refractivity contribution in [2.24, 2.45) is 0 Å². The zero-order chi connectivity index (χ0) is 17.1. The first-order valence-electron chi connectivity index (χ1n) is 6.86. The minimum absolute atomic E-state index is 0.0560. The number of aromatic nitrogens is 2. The Bertz CT molecular complexity index is 905. The summed E-state index contributed by atoms with van der Waals surface area (Å²) in [5.74, 6) is -1.77. The lowest BCUT2D eigenvalue weighted by Crippen LogP contribution is -2.14. The molecule has 0 saturated carbocycles. The second-order valence-electron chi connectivity index (χ2n) is 4.85. The Balaban J connectivity index is 1.93. The number of aromatic carboxylic acids is 1. The first kappa shape index (κ1) is 15.2. The Labute approximate surface area is 135 Å². The lowest BCUT2D eigenvalue weighted by atomic mass is 10.1. The van der Waals surface area contributed by atoms with Gasteiger partial charge in [-0.25, -0.2) is 4.79 Å². The molecule has 0 aliphatic carbocycles. The Morgan fingerprint density at radius 1 is 1.17 bits per heavy atom. The van der Waals surface area contributed by atoms with Gasteiger partial charge in [0.2, 0.25) is 5.88 Å². The van der Waals surface area contributed by atoms with Gasteiger partial charge in [0.25, 0.3) is 5.91 Å². The molecular weight excluding hydrogens is 312 g/mol. The number of amides is 1. The number of nitrogens with two attached hydrogens (primary N) is 1. The van der Waals surface area contributed by atoms with Crippen molar-refractivity contribution < 1.29 is 19.2 Å². The number of anilines is 2. The Kier molecular flexibility index (Phi) is 3.94. The number of carboxylic acid groups (broad SMARTS) is 1.